The Kier molecular flexibility index (Phi) is 22.6. The summed E-state index contributed by atoms with van der Waals surface area (Å²) in [6, 6.07) is 15.7. The molecule has 2 aromatic rings. The summed E-state index contributed by atoms with van der Waals surface area (Å²) in [4.78, 5) is 24.1. The van der Waals surface area contributed by atoms with Gasteiger partial charge in [-0.05, 0) is 37.9 Å². The minimum Gasteiger partial charge on any atom is -0.396 e. The van der Waals surface area contributed by atoms with Crippen molar-refractivity contribution in [2.24, 2.45) is 23.0 Å². The van der Waals surface area contributed by atoms with E-state index in [9.17, 15) is 9.59 Å². The van der Waals surface area contributed by atoms with Gasteiger partial charge < -0.3 is 37.5 Å². The summed E-state index contributed by atoms with van der Waals surface area (Å²) < 4.78 is 0. The lowest BCUT2D eigenvalue weighted by molar-refractivity contribution is -0.121. The van der Waals surface area contributed by atoms with Crippen LogP contribution >= 0.6 is 12.6 Å². The van der Waals surface area contributed by atoms with E-state index in [1.165, 1.54) is 13.5 Å². The summed E-state index contributed by atoms with van der Waals surface area (Å²) in [5.41, 5.74) is 22.0. The van der Waals surface area contributed by atoms with Crippen LogP contribution in [0.3, 0.4) is 0 Å². The highest BCUT2D eigenvalue weighted by atomic mass is 32.1. The van der Waals surface area contributed by atoms with Gasteiger partial charge in [0.2, 0.25) is 12.3 Å². The number of nitrogens with two attached hydrogens (primary N) is 4. The third-order valence-corrected chi connectivity index (χ3v) is 6.62. The molecule has 0 spiro atoms. The molecule has 0 radical (unpaired) electrons. The minimum atomic E-state index is -0.0700. The van der Waals surface area contributed by atoms with E-state index in [0.717, 1.165) is 60.2 Å². The van der Waals surface area contributed by atoms with Crippen molar-refractivity contribution in [1.82, 2.24) is 10.3 Å². The van der Waals surface area contributed by atoms with Gasteiger partial charge in [-0.2, -0.15) is 12.6 Å². The third kappa shape index (κ3) is 14.3. The molecule has 0 fully saturated rings. The largest absolute Gasteiger partial charge is 0.396 e. The molecule has 10 N–H and O–H groups in total. The van der Waals surface area contributed by atoms with Gasteiger partial charge in [-0.1, -0.05) is 76.1 Å². The predicted octanol–water partition coefficient (Wildman–Crippen LogP) is 3.44. The van der Waals surface area contributed by atoms with Gasteiger partial charge in [-0.25, -0.2) is 5.84 Å². The number of aliphatic hydroxyl groups excluding tert-OH is 1. The van der Waals surface area contributed by atoms with E-state index in [0.29, 0.717) is 31.1 Å². The molecule has 1 heterocycles. The molecule has 242 valence electrons. The van der Waals surface area contributed by atoms with Gasteiger partial charge in [0, 0.05) is 42.4 Å². The zero-order valence-electron chi connectivity index (χ0n) is 26.5. The fourth-order valence-corrected chi connectivity index (χ4v) is 4.32. The second-order valence-electron chi connectivity index (χ2n) is 9.83. The maximum absolute atomic E-state index is 11.9. The molecular weight excluding hydrogens is 562 g/mol. The highest BCUT2D eigenvalue weighted by molar-refractivity contribution is 7.80. The molecule has 0 aliphatic carbocycles. The second kappa shape index (κ2) is 24.4. The number of fused-ring (bicyclic) bond motifs is 2. The number of rotatable bonds is 12. The molecule has 2 amide bonds. The van der Waals surface area contributed by atoms with Crippen molar-refractivity contribution in [3.63, 3.8) is 0 Å². The number of nitrogens with zero attached hydrogens (tertiary/aromatic N) is 2. The Morgan fingerprint density at radius 3 is 2.28 bits per heavy atom. The quantitative estimate of drug-likeness (QED) is 0.0623. The first-order chi connectivity index (χ1) is 20.8. The van der Waals surface area contributed by atoms with Crippen molar-refractivity contribution in [1.29, 1.82) is 0 Å². The molecule has 0 bridgehead atoms. The number of anilines is 1. The average Bonchev–Trinajstić information content (AvgIpc) is 3.02. The van der Waals surface area contributed by atoms with E-state index in [1.54, 1.807) is 9.91 Å². The molecule has 11 heteroatoms. The second-order valence-corrected chi connectivity index (χ2v) is 10.2. The van der Waals surface area contributed by atoms with Gasteiger partial charge in [0.05, 0.1) is 30.2 Å². The molecule has 0 saturated heterocycles. The smallest absolute Gasteiger partial charge is 0.222 e. The Balaban J connectivity index is 0.00000106. The maximum Gasteiger partial charge on any atom is 0.222 e. The van der Waals surface area contributed by atoms with Crippen LogP contribution in [0.2, 0.25) is 0 Å². The van der Waals surface area contributed by atoms with Gasteiger partial charge in [-0.15, -0.1) is 0 Å². The number of carbonyl (C=O) groups excluding carboxylic acids is 2. The SMILES string of the molecule is CCC.CCCNC(=O)CCO.CN.N/C1=C(\N(N)CCCC[C@H](N)CS)c2ccccc2N(C=O)Cc2ccccc21. The molecular formula is C32H55N7O3S. The van der Waals surface area contributed by atoms with Crippen LogP contribution < -0.4 is 33.3 Å². The van der Waals surface area contributed by atoms with Crippen LogP contribution in [-0.4, -0.2) is 61.0 Å². The van der Waals surface area contributed by atoms with E-state index >= 15 is 0 Å². The molecule has 3 rings (SSSR count). The highest BCUT2D eigenvalue weighted by Crippen LogP contribution is 2.36. The van der Waals surface area contributed by atoms with E-state index in [-0.39, 0.29) is 25.0 Å². The molecule has 10 nitrogen and oxygen atoms in total. The Morgan fingerprint density at radius 1 is 1.09 bits per heavy atom. The number of carbonyl (C=O) groups is 2. The van der Waals surface area contributed by atoms with E-state index in [1.807, 2.05) is 55.5 Å². The average molecular weight is 618 g/mol. The van der Waals surface area contributed by atoms with Gasteiger partial charge in [0.1, 0.15) is 0 Å². The monoisotopic (exact) mass is 617 g/mol. The van der Waals surface area contributed by atoms with Crippen LogP contribution in [0, 0.1) is 0 Å². The summed E-state index contributed by atoms with van der Waals surface area (Å²) in [7, 11) is 1.50. The third-order valence-electron chi connectivity index (χ3n) is 6.16. The number of thiol groups is 1. The summed E-state index contributed by atoms with van der Waals surface area (Å²) in [5, 5.41) is 12.6. The number of nitrogens with one attached hydrogen (secondary N) is 1. The lowest BCUT2D eigenvalue weighted by atomic mass is 9.96. The zero-order chi connectivity index (χ0) is 32.6. The Labute approximate surface area is 264 Å². The highest BCUT2D eigenvalue weighted by Gasteiger charge is 2.24. The maximum atomic E-state index is 11.9. The zero-order valence-corrected chi connectivity index (χ0v) is 27.4. The summed E-state index contributed by atoms with van der Waals surface area (Å²) in [5.74, 6) is 7.12. The van der Waals surface area contributed by atoms with Crippen molar-refractivity contribution >= 4 is 42.0 Å². The van der Waals surface area contributed by atoms with Crippen LogP contribution in [0.1, 0.15) is 76.0 Å². The molecule has 1 aliphatic rings. The van der Waals surface area contributed by atoms with Gasteiger partial charge >= 0.3 is 0 Å². The van der Waals surface area contributed by atoms with E-state index in [4.69, 9.17) is 22.4 Å². The topological polar surface area (TPSA) is 177 Å². The lowest BCUT2D eigenvalue weighted by Crippen LogP contribution is -2.34. The minimum absolute atomic E-state index is 0.0600. The predicted molar refractivity (Wildman–Crippen MR) is 184 cm³/mol. The molecule has 0 saturated carbocycles. The molecule has 43 heavy (non-hydrogen) atoms. The van der Waals surface area contributed by atoms with Crippen molar-refractivity contribution in [3.05, 3.63) is 65.2 Å². The van der Waals surface area contributed by atoms with Gasteiger partial charge in [0.15, 0.2) is 0 Å². The Bertz CT molecular complexity index is 1080. The lowest BCUT2D eigenvalue weighted by Gasteiger charge is -2.31. The van der Waals surface area contributed by atoms with Crippen LogP contribution in [0.4, 0.5) is 5.69 Å². The van der Waals surface area contributed by atoms with Crippen molar-refractivity contribution in [3.8, 4) is 0 Å². The first kappa shape index (κ1) is 39.9. The molecule has 1 atom stereocenters. The number of benzene rings is 2. The van der Waals surface area contributed by atoms with Crippen LogP contribution in [0.15, 0.2) is 48.5 Å². The molecule has 0 unspecified atom stereocenters. The number of amides is 2. The standard InChI is InChI=1S/C22H29N5OS.C6H13NO2.C3H8.CH5N/c23-17(14-29)8-5-6-12-27(25)22-19-10-3-4-11-20(19)26(15-28)13-16-7-1-2-9-18(16)21(22)24;1-2-4-7-6(9)3-5-8;1-3-2;1-2/h1-4,7,9-11,15,17,29H,5-6,8,12-14,23-25H2;8H,2-5H2,1H3,(H,7,9);3H2,1-2H3;2H2,1H3/b22-21-;;;/t17-;;;/m0.../s1. The number of hydrazine groups is 1. The van der Waals surface area contributed by atoms with E-state index in [2.05, 4.69) is 37.5 Å². The summed E-state index contributed by atoms with van der Waals surface area (Å²) >= 11 is 4.23. The van der Waals surface area contributed by atoms with Crippen molar-refractivity contribution in [2.45, 2.75) is 71.9 Å². The Hall–Kier alpha value is -3.09. The number of hydrogen-bond acceptors (Lipinski definition) is 9. The van der Waals surface area contributed by atoms with E-state index < -0.39 is 0 Å². The number of unbranched alkanes of at least 4 members (excludes halogenated alkanes) is 1. The van der Waals surface area contributed by atoms with Crippen LogP contribution in [0.25, 0.3) is 11.4 Å². The summed E-state index contributed by atoms with van der Waals surface area (Å²) in [6.45, 7) is 7.97. The van der Waals surface area contributed by atoms with Crippen LogP contribution in [-0.2, 0) is 16.1 Å². The molecule has 2 aromatic carbocycles. The Morgan fingerprint density at radius 2 is 1.70 bits per heavy atom. The van der Waals surface area contributed by atoms with Crippen molar-refractivity contribution in [2.75, 3.05) is 37.4 Å². The number of para-hydroxylation sites is 1. The molecule has 0 aromatic heterocycles. The normalized spacial score (nSPS) is 13.9. The summed E-state index contributed by atoms with van der Waals surface area (Å²) in [6.07, 6.45) is 6.02. The first-order valence-corrected chi connectivity index (χ1v) is 15.7. The van der Waals surface area contributed by atoms with Crippen molar-refractivity contribution < 1.29 is 14.7 Å². The number of hydrogen-bond donors (Lipinski definition) is 7. The fraction of sp³-hybridized carbons (Fsp3) is 0.500. The number of aliphatic hydroxyl groups is 1. The first-order valence-electron chi connectivity index (χ1n) is 15.0. The van der Waals surface area contributed by atoms with Gasteiger partial charge in [0.25, 0.3) is 0 Å². The fourth-order valence-electron chi connectivity index (χ4n) is 4.14. The van der Waals surface area contributed by atoms with Crippen LogP contribution in [0.5, 0.6) is 0 Å². The van der Waals surface area contributed by atoms with Gasteiger partial charge in [-0.3, -0.25) is 9.59 Å². The molecule has 1 aliphatic heterocycles.